The van der Waals surface area contributed by atoms with Crippen LogP contribution >= 0.6 is 11.6 Å². The van der Waals surface area contributed by atoms with Crippen LogP contribution in [0.3, 0.4) is 0 Å². The van der Waals surface area contributed by atoms with Crippen molar-refractivity contribution < 1.29 is 13.9 Å². The molecule has 0 unspecified atom stereocenters. The lowest BCUT2D eigenvalue weighted by molar-refractivity contribution is -0.136. The van der Waals surface area contributed by atoms with E-state index < -0.39 is 11.7 Å². The van der Waals surface area contributed by atoms with Crippen molar-refractivity contribution in [3.63, 3.8) is 0 Å². The van der Waals surface area contributed by atoms with Crippen LogP contribution in [0.4, 0.5) is 0 Å². The van der Waals surface area contributed by atoms with E-state index in [0.29, 0.717) is 28.5 Å². The number of carbonyl (C=O) groups excluding carboxylic acids is 1. The zero-order valence-electron chi connectivity index (χ0n) is 11.3. The molecule has 0 bridgehead atoms. The number of benzene rings is 1. The number of hydrogen-bond donors (Lipinski definition) is 0. The van der Waals surface area contributed by atoms with Gasteiger partial charge in [0.15, 0.2) is 0 Å². The number of methoxy groups -OCH3 is 1. The highest BCUT2D eigenvalue weighted by Gasteiger charge is 2.24. The number of ether oxygens (including phenoxy) is 1. The van der Waals surface area contributed by atoms with Gasteiger partial charge < -0.3 is 9.15 Å². The van der Waals surface area contributed by atoms with Gasteiger partial charge in [-0.1, -0.05) is 17.7 Å². The Morgan fingerprint density at radius 2 is 2.05 bits per heavy atom. The highest BCUT2D eigenvalue weighted by atomic mass is 35.5. The molecule has 1 aliphatic rings. The predicted octanol–water partition coefficient (Wildman–Crippen LogP) is 2.28. The smallest absolute Gasteiger partial charge is 0.424 e. The Hall–Kier alpha value is -2.27. The molecular formula is C15H12ClNO4. The van der Waals surface area contributed by atoms with Gasteiger partial charge in [0.25, 0.3) is 0 Å². The molecule has 0 atom stereocenters. The predicted molar refractivity (Wildman–Crippen MR) is 76.8 cm³/mol. The van der Waals surface area contributed by atoms with Crippen LogP contribution in [-0.2, 0) is 22.4 Å². The minimum atomic E-state index is -0.471. The number of rotatable bonds is 2. The molecule has 0 fully saturated rings. The molecule has 21 heavy (non-hydrogen) atoms. The van der Waals surface area contributed by atoms with E-state index in [1.54, 1.807) is 30.3 Å². The number of fused-ring (bicyclic) bond motifs is 1. The van der Waals surface area contributed by atoms with Crippen molar-refractivity contribution in [1.82, 2.24) is 4.57 Å². The van der Waals surface area contributed by atoms with Gasteiger partial charge in [0, 0.05) is 23.4 Å². The van der Waals surface area contributed by atoms with Gasteiger partial charge in [0.1, 0.15) is 5.76 Å². The molecule has 1 aromatic carbocycles. The third kappa shape index (κ3) is 2.40. The highest BCUT2D eigenvalue weighted by molar-refractivity contribution is 6.30. The fraction of sp³-hybridized carbons (Fsp3) is 0.200. The van der Waals surface area contributed by atoms with Crippen LogP contribution in [0.1, 0.15) is 11.5 Å². The van der Waals surface area contributed by atoms with Gasteiger partial charge in [-0.05, 0) is 24.3 Å². The van der Waals surface area contributed by atoms with E-state index in [1.807, 2.05) is 0 Å². The molecule has 1 aromatic heterocycles. The largest absolute Gasteiger partial charge is 0.466 e. The molecule has 2 aromatic rings. The van der Waals surface area contributed by atoms with Crippen molar-refractivity contribution in [1.29, 1.82) is 0 Å². The summed E-state index contributed by atoms with van der Waals surface area (Å²) in [5.41, 5.74) is 1.93. The van der Waals surface area contributed by atoms with E-state index in [4.69, 9.17) is 20.8 Å². The normalized spacial score (nSPS) is 13.5. The monoisotopic (exact) mass is 305 g/mol. The number of esters is 1. The van der Waals surface area contributed by atoms with E-state index >= 15 is 0 Å². The number of oxazole rings is 1. The minimum Gasteiger partial charge on any atom is -0.466 e. The number of hydrogen-bond acceptors (Lipinski definition) is 4. The third-order valence-corrected chi connectivity index (χ3v) is 3.66. The quantitative estimate of drug-likeness (QED) is 0.799. The van der Waals surface area contributed by atoms with Crippen molar-refractivity contribution >= 4 is 17.6 Å². The van der Waals surface area contributed by atoms with Crippen LogP contribution < -0.4 is 5.76 Å². The highest BCUT2D eigenvalue weighted by Crippen LogP contribution is 2.24. The Labute approximate surface area is 125 Å². The maximum Gasteiger partial charge on any atom is 0.424 e. The summed E-state index contributed by atoms with van der Waals surface area (Å²) in [4.78, 5) is 23.6. The van der Waals surface area contributed by atoms with Gasteiger partial charge in [0.2, 0.25) is 0 Å². The molecule has 3 rings (SSSR count). The standard InChI is InChI=1S/C15H12ClNO4/c1-20-14(18)9-2-7-12-13(8-9)21-15(19)17(12)11-5-3-10(16)4-6-11/h2-6H,7-8H2,1H3. The van der Waals surface area contributed by atoms with Crippen LogP contribution in [0.15, 0.2) is 45.1 Å². The average Bonchev–Trinajstić information content (AvgIpc) is 2.82. The molecule has 0 N–H and O–H groups in total. The maximum atomic E-state index is 12.1. The molecule has 1 aliphatic carbocycles. The van der Waals surface area contributed by atoms with Crippen molar-refractivity contribution in [3.05, 3.63) is 62.9 Å². The van der Waals surface area contributed by atoms with Crippen LogP contribution in [0.25, 0.3) is 5.69 Å². The molecule has 1 heterocycles. The first-order chi connectivity index (χ1) is 10.1. The fourth-order valence-corrected chi connectivity index (χ4v) is 2.52. The zero-order valence-corrected chi connectivity index (χ0v) is 12.0. The zero-order chi connectivity index (χ0) is 15.0. The summed E-state index contributed by atoms with van der Waals surface area (Å²) in [6.45, 7) is 0. The van der Waals surface area contributed by atoms with Crippen LogP contribution in [0.2, 0.25) is 5.02 Å². The van der Waals surface area contributed by atoms with Crippen LogP contribution in [0.5, 0.6) is 0 Å². The van der Waals surface area contributed by atoms with Crippen molar-refractivity contribution in [2.75, 3.05) is 7.11 Å². The van der Waals surface area contributed by atoms with Crippen LogP contribution in [-0.4, -0.2) is 17.6 Å². The molecule has 0 amide bonds. The first kappa shape index (κ1) is 13.7. The molecule has 0 radical (unpaired) electrons. The van der Waals surface area contributed by atoms with E-state index in [1.165, 1.54) is 11.7 Å². The number of aromatic nitrogens is 1. The summed E-state index contributed by atoms with van der Waals surface area (Å²) in [6.07, 6.45) is 2.46. The fourth-order valence-electron chi connectivity index (χ4n) is 2.39. The Morgan fingerprint density at radius 3 is 2.71 bits per heavy atom. The Kier molecular flexibility index (Phi) is 3.43. The maximum absolute atomic E-state index is 12.1. The summed E-state index contributed by atoms with van der Waals surface area (Å²) in [7, 11) is 1.33. The summed E-state index contributed by atoms with van der Waals surface area (Å²) in [5, 5.41) is 0.594. The minimum absolute atomic E-state index is 0.262. The molecule has 0 saturated heterocycles. The second-order valence-corrected chi connectivity index (χ2v) is 5.09. The Bertz CT molecular complexity index is 783. The molecule has 108 valence electrons. The van der Waals surface area contributed by atoms with Gasteiger partial charge in [-0.3, -0.25) is 0 Å². The Morgan fingerprint density at radius 1 is 1.33 bits per heavy atom. The summed E-state index contributed by atoms with van der Waals surface area (Å²) >= 11 is 5.85. The van der Waals surface area contributed by atoms with Gasteiger partial charge >= 0.3 is 11.7 Å². The Balaban J connectivity index is 2.03. The van der Waals surface area contributed by atoms with E-state index in [2.05, 4.69) is 0 Å². The molecule has 0 aliphatic heterocycles. The number of halogens is 1. The number of nitrogens with zero attached hydrogens (tertiary/aromatic N) is 1. The summed E-state index contributed by atoms with van der Waals surface area (Å²) < 4.78 is 11.5. The van der Waals surface area contributed by atoms with E-state index in [9.17, 15) is 9.59 Å². The molecule has 6 heteroatoms. The van der Waals surface area contributed by atoms with Crippen molar-refractivity contribution in [2.45, 2.75) is 12.8 Å². The van der Waals surface area contributed by atoms with Gasteiger partial charge in [-0.25, -0.2) is 14.2 Å². The SMILES string of the molecule is COC(=O)C1=CCc2c(oc(=O)n2-c2ccc(Cl)cc2)C1. The third-order valence-electron chi connectivity index (χ3n) is 3.41. The topological polar surface area (TPSA) is 61.4 Å². The number of allylic oxidation sites excluding steroid dienone is 1. The van der Waals surface area contributed by atoms with E-state index in [0.717, 1.165) is 5.69 Å². The van der Waals surface area contributed by atoms with Gasteiger partial charge in [0.05, 0.1) is 18.5 Å². The van der Waals surface area contributed by atoms with Crippen LogP contribution in [0, 0.1) is 0 Å². The lowest BCUT2D eigenvalue weighted by Gasteiger charge is -2.12. The van der Waals surface area contributed by atoms with E-state index in [-0.39, 0.29) is 6.42 Å². The first-order valence-electron chi connectivity index (χ1n) is 6.37. The molecule has 5 nitrogen and oxygen atoms in total. The molecule has 0 spiro atoms. The molecular weight excluding hydrogens is 294 g/mol. The lowest BCUT2D eigenvalue weighted by Crippen LogP contribution is -2.16. The second-order valence-electron chi connectivity index (χ2n) is 4.65. The lowest BCUT2D eigenvalue weighted by atomic mass is 10.0. The van der Waals surface area contributed by atoms with Gasteiger partial charge in [-0.15, -0.1) is 0 Å². The number of carbonyl (C=O) groups is 1. The van der Waals surface area contributed by atoms with Crippen molar-refractivity contribution in [3.8, 4) is 5.69 Å². The van der Waals surface area contributed by atoms with Crippen molar-refractivity contribution in [2.24, 2.45) is 0 Å². The summed E-state index contributed by atoms with van der Waals surface area (Å²) in [6, 6.07) is 6.92. The summed E-state index contributed by atoms with van der Waals surface area (Å²) in [5.74, 6) is -0.373. The van der Waals surface area contributed by atoms with Gasteiger partial charge in [-0.2, -0.15) is 0 Å². The molecule has 0 saturated carbocycles. The first-order valence-corrected chi connectivity index (χ1v) is 6.75. The second kappa shape index (κ2) is 5.26. The average molecular weight is 306 g/mol.